The van der Waals surface area contributed by atoms with Gasteiger partial charge in [-0.2, -0.15) is 11.8 Å². The second-order valence-electron chi connectivity index (χ2n) is 4.11. The number of rotatable bonds is 3. The molecular weight excluding hydrogens is 264 g/mol. The Morgan fingerprint density at radius 2 is 2.50 bits per heavy atom. The van der Waals surface area contributed by atoms with Gasteiger partial charge in [-0.25, -0.2) is 0 Å². The van der Waals surface area contributed by atoms with Crippen LogP contribution in [0.15, 0.2) is 11.4 Å². The molecule has 0 radical (unpaired) electrons. The van der Waals surface area contributed by atoms with Gasteiger partial charge < -0.3 is 11.1 Å². The highest BCUT2D eigenvalue weighted by Gasteiger charge is 2.18. The van der Waals surface area contributed by atoms with Crippen molar-refractivity contribution in [2.24, 2.45) is 11.7 Å². The summed E-state index contributed by atoms with van der Waals surface area (Å²) in [5.74, 6) is 8.70. The molecule has 1 atom stereocenters. The van der Waals surface area contributed by atoms with E-state index >= 15 is 0 Å². The monoisotopic (exact) mass is 280 g/mol. The number of carbonyl (C=O) groups is 1. The van der Waals surface area contributed by atoms with Crippen LogP contribution in [0.4, 0.5) is 0 Å². The zero-order valence-corrected chi connectivity index (χ0v) is 11.7. The molecular formula is C13H16N2OS2. The summed E-state index contributed by atoms with van der Waals surface area (Å²) in [5.41, 5.74) is 6.12. The van der Waals surface area contributed by atoms with Crippen LogP contribution in [0.25, 0.3) is 0 Å². The van der Waals surface area contributed by atoms with E-state index in [0.29, 0.717) is 17.3 Å². The molecule has 1 amide bonds. The quantitative estimate of drug-likeness (QED) is 0.826. The molecule has 0 bridgehead atoms. The van der Waals surface area contributed by atoms with Crippen LogP contribution >= 0.6 is 23.1 Å². The molecule has 0 aliphatic carbocycles. The van der Waals surface area contributed by atoms with Crippen LogP contribution < -0.4 is 11.1 Å². The summed E-state index contributed by atoms with van der Waals surface area (Å²) in [4.78, 5) is 12.7. The third kappa shape index (κ3) is 3.52. The smallest absolute Gasteiger partial charge is 0.262 e. The molecule has 3 nitrogen and oxygen atoms in total. The Balaban J connectivity index is 1.93. The molecule has 1 fully saturated rings. The van der Waals surface area contributed by atoms with E-state index in [0.717, 1.165) is 17.9 Å². The third-order valence-corrected chi connectivity index (χ3v) is 4.92. The van der Waals surface area contributed by atoms with E-state index in [2.05, 4.69) is 17.2 Å². The van der Waals surface area contributed by atoms with Crippen molar-refractivity contribution in [1.82, 2.24) is 5.32 Å². The number of amides is 1. The molecule has 1 unspecified atom stereocenters. The first-order chi connectivity index (χ1) is 8.81. The van der Waals surface area contributed by atoms with Crippen molar-refractivity contribution < 1.29 is 4.79 Å². The molecule has 0 spiro atoms. The van der Waals surface area contributed by atoms with Crippen LogP contribution in [0.2, 0.25) is 0 Å². The number of nitrogens with two attached hydrogens (primary N) is 1. The maximum atomic E-state index is 12.0. The van der Waals surface area contributed by atoms with Gasteiger partial charge in [0.15, 0.2) is 0 Å². The zero-order valence-electron chi connectivity index (χ0n) is 10.1. The lowest BCUT2D eigenvalue weighted by Crippen LogP contribution is -2.29. The molecule has 1 aliphatic heterocycles. The maximum Gasteiger partial charge on any atom is 0.262 e. The molecule has 1 aromatic heterocycles. The number of hydrogen-bond acceptors (Lipinski definition) is 4. The van der Waals surface area contributed by atoms with Crippen molar-refractivity contribution >= 4 is 29.0 Å². The number of carbonyl (C=O) groups excluding carboxylic acids is 1. The van der Waals surface area contributed by atoms with Gasteiger partial charge >= 0.3 is 0 Å². The van der Waals surface area contributed by atoms with Crippen LogP contribution in [-0.2, 0) is 0 Å². The van der Waals surface area contributed by atoms with Gasteiger partial charge in [0.2, 0.25) is 0 Å². The first-order valence-electron chi connectivity index (χ1n) is 5.93. The molecule has 5 heteroatoms. The second-order valence-corrected chi connectivity index (χ2v) is 6.17. The molecule has 1 aromatic rings. The molecule has 0 aromatic carbocycles. The number of thioether (sulfide) groups is 1. The number of hydrogen-bond donors (Lipinski definition) is 2. The van der Waals surface area contributed by atoms with Gasteiger partial charge in [-0.15, -0.1) is 11.3 Å². The van der Waals surface area contributed by atoms with Crippen molar-refractivity contribution in [3.63, 3.8) is 0 Å². The lowest BCUT2D eigenvalue weighted by Gasteiger charge is -2.09. The van der Waals surface area contributed by atoms with Crippen molar-refractivity contribution in [1.29, 1.82) is 0 Å². The largest absolute Gasteiger partial charge is 0.351 e. The minimum atomic E-state index is -0.0109. The van der Waals surface area contributed by atoms with E-state index in [9.17, 15) is 4.79 Å². The van der Waals surface area contributed by atoms with Crippen molar-refractivity contribution in [2.45, 2.75) is 6.42 Å². The van der Waals surface area contributed by atoms with Gasteiger partial charge in [-0.1, -0.05) is 11.8 Å². The normalized spacial score (nSPS) is 18.2. The fourth-order valence-corrected chi connectivity index (χ4v) is 3.84. The third-order valence-electron chi connectivity index (χ3n) is 2.77. The Labute approximate surface area is 116 Å². The molecule has 1 aliphatic rings. The highest BCUT2D eigenvalue weighted by Crippen LogP contribution is 2.23. The molecule has 2 heterocycles. The lowest BCUT2D eigenvalue weighted by atomic mass is 10.1. The van der Waals surface area contributed by atoms with Crippen molar-refractivity contribution in [2.75, 3.05) is 24.6 Å². The predicted molar refractivity (Wildman–Crippen MR) is 78.0 cm³/mol. The predicted octanol–water partition coefficient (Wildman–Crippen LogP) is 1.54. The highest BCUT2D eigenvalue weighted by atomic mass is 32.2. The van der Waals surface area contributed by atoms with E-state index < -0.39 is 0 Å². The van der Waals surface area contributed by atoms with Crippen molar-refractivity contribution in [3.05, 3.63) is 21.9 Å². The fraction of sp³-hybridized carbons (Fsp3) is 0.462. The average molecular weight is 280 g/mol. The molecule has 2 rings (SSSR count). The summed E-state index contributed by atoms with van der Waals surface area (Å²) in [6, 6.07) is 1.87. The van der Waals surface area contributed by atoms with E-state index in [1.165, 1.54) is 23.5 Å². The van der Waals surface area contributed by atoms with Gasteiger partial charge in [0, 0.05) is 12.1 Å². The summed E-state index contributed by atoms with van der Waals surface area (Å²) in [5, 5.41) is 4.89. The summed E-state index contributed by atoms with van der Waals surface area (Å²) < 4.78 is 0. The highest BCUT2D eigenvalue weighted by molar-refractivity contribution is 7.99. The number of thiophene rings is 1. The minimum Gasteiger partial charge on any atom is -0.351 e. The molecule has 3 N–H and O–H groups in total. The van der Waals surface area contributed by atoms with Crippen LogP contribution in [0.5, 0.6) is 0 Å². The SMILES string of the molecule is NCC#Cc1ccsc1C(=O)NCC1CCSC1. The summed E-state index contributed by atoms with van der Waals surface area (Å²) in [6.07, 6.45) is 1.20. The van der Waals surface area contributed by atoms with E-state index in [4.69, 9.17) is 5.73 Å². The van der Waals surface area contributed by atoms with Crippen molar-refractivity contribution in [3.8, 4) is 11.8 Å². The average Bonchev–Trinajstić information content (AvgIpc) is 3.04. The van der Waals surface area contributed by atoms with Gasteiger partial charge in [-0.3, -0.25) is 4.79 Å². The summed E-state index contributed by atoms with van der Waals surface area (Å²) >= 11 is 3.39. The van der Waals surface area contributed by atoms with E-state index in [-0.39, 0.29) is 5.91 Å². The maximum absolute atomic E-state index is 12.0. The standard InChI is InChI=1S/C13H16N2OS2/c14-5-1-2-11-4-7-18-12(11)13(16)15-8-10-3-6-17-9-10/h4,7,10H,3,5-6,8-9,14H2,(H,15,16). The van der Waals surface area contributed by atoms with Crippen LogP contribution in [0.3, 0.4) is 0 Å². The number of nitrogens with one attached hydrogen (secondary N) is 1. The van der Waals surface area contributed by atoms with Gasteiger partial charge in [-0.05, 0) is 35.3 Å². The molecule has 18 heavy (non-hydrogen) atoms. The van der Waals surface area contributed by atoms with Gasteiger partial charge in [0.05, 0.1) is 6.54 Å². The van der Waals surface area contributed by atoms with Crippen LogP contribution in [0, 0.1) is 17.8 Å². The Hall–Kier alpha value is -0.960. The molecule has 0 saturated carbocycles. The molecule has 1 saturated heterocycles. The Morgan fingerprint density at radius 3 is 3.22 bits per heavy atom. The Morgan fingerprint density at radius 1 is 1.61 bits per heavy atom. The lowest BCUT2D eigenvalue weighted by molar-refractivity contribution is 0.0952. The molecule has 96 valence electrons. The topological polar surface area (TPSA) is 55.1 Å². The van der Waals surface area contributed by atoms with Crippen LogP contribution in [0.1, 0.15) is 21.7 Å². The fourth-order valence-electron chi connectivity index (χ4n) is 1.79. The summed E-state index contributed by atoms with van der Waals surface area (Å²) in [6.45, 7) is 1.09. The first kappa shape index (κ1) is 13.5. The summed E-state index contributed by atoms with van der Waals surface area (Å²) in [7, 11) is 0. The van der Waals surface area contributed by atoms with E-state index in [1.807, 2.05) is 23.2 Å². The van der Waals surface area contributed by atoms with Gasteiger partial charge in [0.1, 0.15) is 4.88 Å². The second kappa shape index (κ2) is 6.83. The first-order valence-corrected chi connectivity index (χ1v) is 7.97. The van der Waals surface area contributed by atoms with Crippen LogP contribution in [-0.4, -0.2) is 30.5 Å². The van der Waals surface area contributed by atoms with Gasteiger partial charge in [0.25, 0.3) is 5.91 Å². The van der Waals surface area contributed by atoms with E-state index in [1.54, 1.807) is 0 Å². The zero-order chi connectivity index (χ0) is 12.8. The minimum absolute atomic E-state index is 0.0109. The Bertz CT molecular complexity index is 467. The Kier molecular flexibility index (Phi) is 5.12.